The van der Waals surface area contributed by atoms with Crippen LogP contribution in [0.2, 0.25) is 0 Å². The standard InChI is InChI=1S/C14H18F3NO3/c1-13(2)6-11(18)10-4-3-9(5-12(10)21-13)20-8-19-7-14(15,16)17/h3-5,11H,6-8,18H2,1-2H3. The molecule has 2 N–H and O–H groups in total. The molecule has 0 saturated heterocycles. The maximum atomic E-state index is 11.9. The van der Waals surface area contributed by atoms with E-state index in [0.29, 0.717) is 17.9 Å². The molecule has 118 valence electrons. The molecule has 1 unspecified atom stereocenters. The number of halogens is 3. The van der Waals surface area contributed by atoms with E-state index in [2.05, 4.69) is 4.74 Å². The van der Waals surface area contributed by atoms with Gasteiger partial charge in [-0.15, -0.1) is 0 Å². The number of ether oxygens (including phenoxy) is 3. The molecule has 1 heterocycles. The molecule has 0 radical (unpaired) electrons. The van der Waals surface area contributed by atoms with Gasteiger partial charge in [-0.2, -0.15) is 13.2 Å². The second-order valence-electron chi connectivity index (χ2n) is 5.60. The number of benzene rings is 1. The normalized spacial score (nSPS) is 20.6. The molecule has 0 bridgehead atoms. The number of hydrogen-bond donors (Lipinski definition) is 1. The van der Waals surface area contributed by atoms with Gasteiger partial charge in [0.25, 0.3) is 0 Å². The molecule has 0 saturated carbocycles. The van der Waals surface area contributed by atoms with Crippen molar-refractivity contribution in [1.29, 1.82) is 0 Å². The quantitative estimate of drug-likeness (QED) is 0.686. The Bertz CT molecular complexity index is 503. The van der Waals surface area contributed by atoms with Gasteiger partial charge >= 0.3 is 6.18 Å². The summed E-state index contributed by atoms with van der Waals surface area (Å²) < 4.78 is 51.1. The van der Waals surface area contributed by atoms with Crippen molar-refractivity contribution in [2.75, 3.05) is 13.4 Å². The third kappa shape index (κ3) is 4.50. The molecule has 7 heteroatoms. The van der Waals surface area contributed by atoms with E-state index in [9.17, 15) is 13.2 Å². The van der Waals surface area contributed by atoms with Gasteiger partial charge < -0.3 is 19.9 Å². The van der Waals surface area contributed by atoms with E-state index in [1.165, 1.54) is 0 Å². The van der Waals surface area contributed by atoms with E-state index in [1.54, 1.807) is 18.2 Å². The molecule has 1 aromatic rings. The highest BCUT2D eigenvalue weighted by molar-refractivity contribution is 5.44. The van der Waals surface area contributed by atoms with Crippen molar-refractivity contribution in [2.45, 2.75) is 38.1 Å². The summed E-state index contributed by atoms with van der Waals surface area (Å²) in [7, 11) is 0. The average Bonchev–Trinajstić information content (AvgIpc) is 2.31. The average molecular weight is 305 g/mol. The summed E-state index contributed by atoms with van der Waals surface area (Å²) in [4.78, 5) is 0. The Hall–Kier alpha value is -1.47. The number of rotatable bonds is 4. The zero-order valence-corrected chi connectivity index (χ0v) is 11.9. The molecule has 4 nitrogen and oxygen atoms in total. The second-order valence-corrected chi connectivity index (χ2v) is 5.60. The fourth-order valence-electron chi connectivity index (χ4n) is 2.25. The monoisotopic (exact) mass is 305 g/mol. The first-order valence-corrected chi connectivity index (χ1v) is 6.52. The first kappa shape index (κ1) is 15.9. The largest absolute Gasteiger partial charge is 0.487 e. The summed E-state index contributed by atoms with van der Waals surface area (Å²) in [6.45, 7) is 2.03. The maximum absolute atomic E-state index is 11.9. The van der Waals surface area contributed by atoms with E-state index in [1.807, 2.05) is 13.8 Å². The van der Waals surface area contributed by atoms with E-state index < -0.39 is 25.2 Å². The van der Waals surface area contributed by atoms with E-state index in [-0.39, 0.29) is 6.04 Å². The van der Waals surface area contributed by atoms with Gasteiger partial charge in [0, 0.05) is 24.1 Å². The minimum Gasteiger partial charge on any atom is -0.487 e. The second kappa shape index (κ2) is 5.73. The van der Waals surface area contributed by atoms with Gasteiger partial charge in [0.2, 0.25) is 0 Å². The lowest BCUT2D eigenvalue weighted by Crippen LogP contribution is -2.37. The first-order chi connectivity index (χ1) is 9.66. The van der Waals surface area contributed by atoms with Gasteiger partial charge in [-0.1, -0.05) is 6.07 Å². The van der Waals surface area contributed by atoms with Gasteiger partial charge in [0.15, 0.2) is 6.79 Å². The lowest BCUT2D eigenvalue weighted by Gasteiger charge is -2.36. The van der Waals surface area contributed by atoms with Crippen LogP contribution >= 0.6 is 0 Å². The maximum Gasteiger partial charge on any atom is 0.411 e. The lowest BCUT2D eigenvalue weighted by atomic mass is 9.90. The number of hydrogen-bond acceptors (Lipinski definition) is 4. The molecule has 0 spiro atoms. The Morgan fingerprint density at radius 3 is 2.76 bits per heavy atom. The van der Waals surface area contributed by atoms with Gasteiger partial charge in [-0.05, 0) is 19.9 Å². The summed E-state index contributed by atoms with van der Waals surface area (Å²) in [5.74, 6) is 0.966. The first-order valence-electron chi connectivity index (χ1n) is 6.52. The van der Waals surface area contributed by atoms with Crippen LogP contribution in [0.4, 0.5) is 13.2 Å². The topological polar surface area (TPSA) is 53.7 Å². The summed E-state index contributed by atoms with van der Waals surface area (Å²) in [5, 5.41) is 0. The van der Waals surface area contributed by atoms with Crippen LogP contribution in [0, 0.1) is 0 Å². The van der Waals surface area contributed by atoms with Crippen LogP contribution in [0.1, 0.15) is 31.9 Å². The van der Waals surface area contributed by atoms with E-state index in [4.69, 9.17) is 15.2 Å². The smallest absolute Gasteiger partial charge is 0.411 e. The third-order valence-corrected chi connectivity index (χ3v) is 3.06. The van der Waals surface area contributed by atoms with Gasteiger partial charge in [-0.3, -0.25) is 0 Å². The molecular weight excluding hydrogens is 287 g/mol. The van der Waals surface area contributed by atoms with Gasteiger partial charge in [0.1, 0.15) is 23.7 Å². The van der Waals surface area contributed by atoms with Crippen molar-refractivity contribution >= 4 is 0 Å². The number of fused-ring (bicyclic) bond motifs is 1. The Labute approximate surface area is 121 Å². The Kier molecular flexibility index (Phi) is 4.34. The van der Waals surface area contributed by atoms with Crippen LogP contribution in [-0.2, 0) is 4.74 Å². The van der Waals surface area contributed by atoms with Gasteiger partial charge in [0.05, 0.1) is 0 Å². The predicted molar refractivity (Wildman–Crippen MR) is 70.2 cm³/mol. The van der Waals surface area contributed by atoms with Crippen LogP contribution in [0.25, 0.3) is 0 Å². The molecular formula is C14H18F3NO3. The zero-order valence-electron chi connectivity index (χ0n) is 11.9. The van der Waals surface area contributed by atoms with Crippen LogP contribution in [0.3, 0.4) is 0 Å². The van der Waals surface area contributed by atoms with Crippen molar-refractivity contribution < 1.29 is 27.4 Å². The van der Waals surface area contributed by atoms with Crippen LogP contribution in [-0.4, -0.2) is 25.2 Å². The minimum absolute atomic E-state index is 0.140. The van der Waals surface area contributed by atoms with Crippen molar-refractivity contribution in [3.8, 4) is 11.5 Å². The van der Waals surface area contributed by atoms with Crippen LogP contribution < -0.4 is 15.2 Å². The minimum atomic E-state index is -4.36. The summed E-state index contributed by atoms with van der Waals surface area (Å²) in [6.07, 6.45) is -3.67. The molecule has 21 heavy (non-hydrogen) atoms. The molecule has 0 aromatic heterocycles. The highest BCUT2D eigenvalue weighted by atomic mass is 19.4. The van der Waals surface area contributed by atoms with Crippen molar-refractivity contribution in [2.24, 2.45) is 5.73 Å². The van der Waals surface area contributed by atoms with Crippen LogP contribution in [0.5, 0.6) is 11.5 Å². The van der Waals surface area contributed by atoms with Crippen molar-refractivity contribution in [3.63, 3.8) is 0 Å². The fraction of sp³-hybridized carbons (Fsp3) is 0.571. The van der Waals surface area contributed by atoms with Crippen LogP contribution in [0.15, 0.2) is 18.2 Å². The van der Waals surface area contributed by atoms with Crippen molar-refractivity contribution in [3.05, 3.63) is 23.8 Å². The van der Waals surface area contributed by atoms with E-state index in [0.717, 1.165) is 5.56 Å². The van der Waals surface area contributed by atoms with Gasteiger partial charge in [-0.25, -0.2) is 0 Å². The third-order valence-electron chi connectivity index (χ3n) is 3.06. The Morgan fingerprint density at radius 2 is 2.10 bits per heavy atom. The summed E-state index contributed by atoms with van der Waals surface area (Å²) >= 11 is 0. The fourth-order valence-corrected chi connectivity index (χ4v) is 2.25. The molecule has 0 aliphatic carbocycles. The summed E-state index contributed by atoms with van der Waals surface area (Å²) in [5.41, 5.74) is 6.54. The molecule has 2 rings (SSSR count). The molecule has 1 aromatic carbocycles. The molecule has 0 fully saturated rings. The summed E-state index contributed by atoms with van der Waals surface area (Å²) in [6, 6.07) is 4.87. The molecule has 0 amide bonds. The SMILES string of the molecule is CC1(C)CC(N)c2ccc(OCOCC(F)(F)F)cc2O1. The highest BCUT2D eigenvalue weighted by Gasteiger charge is 2.32. The zero-order chi connectivity index (χ0) is 15.7. The van der Waals surface area contributed by atoms with Crippen molar-refractivity contribution in [1.82, 2.24) is 0 Å². The number of alkyl halides is 3. The molecule has 1 aliphatic rings. The highest BCUT2D eigenvalue weighted by Crippen LogP contribution is 2.39. The number of nitrogens with two attached hydrogens (primary N) is 1. The Morgan fingerprint density at radius 1 is 1.38 bits per heavy atom. The Balaban J connectivity index is 1.98. The molecule has 1 aliphatic heterocycles. The predicted octanol–water partition coefficient (Wildman–Crippen LogP) is 3.16. The molecule has 1 atom stereocenters. The van der Waals surface area contributed by atoms with E-state index >= 15 is 0 Å². The lowest BCUT2D eigenvalue weighted by molar-refractivity contribution is -0.186.